The van der Waals surface area contributed by atoms with Gasteiger partial charge in [-0.15, -0.1) is 0 Å². The standard InChI is InChI=1S/C21H25NO4/c1-25-19-6-4-17(5-7-19)15-26-20-8-2-16(3-9-20)14-22-12-10-18(11-13-22)21(23)24/h2-9,18H,10-15H2,1H3,(H,23,24). The van der Waals surface area contributed by atoms with Crippen molar-refractivity contribution in [1.82, 2.24) is 4.90 Å². The first-order chi connectivity index (χ1) is 12.6. The van der Waals surface area contributed by atoms with Gasteiger partial charge < -0.3 is 14.6 Å². The maximum absolute atomic E-state index is 11.0. The van der Waals surface area contributed by atoms with Gasteiger partial charge in [0.1, 0.15) is 18.1 Å². The topological polar surface area (TPSA) is 59.0 Å². The van der Waals surface area contributed by atoms with Gasteiger partial charge in [0.15, 0.2) is 0 Å². The van der Waals surface area contributed by atoms with Gasteiger partial charge in [0, 0.05) is 6.54 Å². The summed E-state index contributed by atoms with van der Waals surface area (Å²) in [5.41, 5.74) is 2.31. The molecule has 0 aliphatic carbocycles. The van der Waals surface area contributed by atoms with Crippen LogP contribution in [0.3, 0.4) is 0 Å². The number of hydrogen-bond donors (Lipinski definition) is 1. The summed E-state index contributed by atoms with van der Waals surface area (Å²) in [5, 5.41) is 9.07. The number of carboxylic acids is 1. The summed E-state index contributed by atoms with van der Waals surface area (Å²) in [5.74, 6) is 0.836. The largest absolute Gasteiger partial charge is 0.497 e. The highest BCUT2D eigenvalue weighted by atomic mass is 16.5. The molecule has 0 bridgehead atoms. The summed E-state index contributed by atoms with van der Waals surface area (Å²) in [6, 6.07) is 16.0. The Morgan fingerprint density at radius 1 is 1.00 bits per heavy atom. The monoisotopic (exact) mass is 355 g/mol. The molecule has 0 saturated carbocycles. The van der Waals surface area contributed by atoms with E-state index in [1.54, 1.807) is 7.11 Å². The molecule has 1 saturated heterocycles. The molecule has 1 N–H and O–H groups in total. The molecule has 1 heterocycles. The van der Waals surface area contributed by atoms with Crippen molar-refractivity contribution >= 4 is 5.97 Å². The third-order valence-electron chi connectivity index (χ3n) is 4.83. The van der Waals surface area contributed by atoms with E-state index < -0.39 is 5.97 Å². The van der Waals surface area contributed by atoms with Gasteiger partial charge in [0.25, 0.3) is 0 Å². The van der Waals surface area contributed by atoms with E-state index in [4.69, 9.17) is 14.6 Å². The van der Waals surface area contributed by atoms with Crippen LogP contribution in [0.4, 0.5) is 0 Å². The molecule has 1 aliphatic heterocycles. The zero-order valence-electron chi connectivity index (χ0n) is 15.1. The summed E-state index contributed by atoms with van der Waals surface area (Å²) in [4.78, 5) is 13.3. The molecule has 5 heteroatoms. The lowest BCUT2D eigenvalue weighted by molar-refractivity contribution is -0.143. The van der Waals surface area contributed by atoms with Crippen LogP contribution in [0.1, 0.15) is 24.0 Å². The average molecular weight is 355 g/mol. The second-order valence-electron chi connectivity index (χ2n) is 6.67. The molecule has 0 amide bonds. The van der Waals surface area contributed by atoms with Crippen molar-refractivity contribution in [2.24, 2.45) is 5.92 Å². The molecule has 0 aromatic heterocycles. The van der Waals surface area contributed by atoms with Crippen molar-refractivity contribution in [3.63, 3.8) is 0 Å². The van der Waals surface area contributed by atoms with Gasteiger partial charge >= 0.3 is 5.97 Å². The minimum atomic E-state index is -0.664. The number of carboxylic acid groups (broad SMARTS) is 1. The van der Waals surface area contributed by atoms with Gasteiger partial charge in [-0.1, -0.05) is 24.3 Å². The third-order valence-corrected chi connectivity index (χ3v) is 4.83. The lowest BCUT2D eigenvalue weighted by atomic mass is 9.97. The summed E-state index contributed by atoms with van der Waals surface area (Å²) < 4.78 is 11.0. The fraction of sp³-hybridized carbons (Fsp3) is 0.381. The van der Waals surface area contributed by atoms with E-state index in [2.05, 4.69) is 17.0 Å². The van der Waals surface area contributed by atoms with Crippen LogP contribution in [-0.4, -0.2) is 36.2 Å². The Balaban J connectivity index is 1.46. The van der Waals surface area contributed by atoms with Gasteiger partial charge in [0.2, 0.25) is 0 Å². The summed E-state index contributed by atoms with van der Waals surface area (Å²) in [6.07, 6.45) is 1.47. The Labute approximate surface area is 154 Å². The van der Waals surface area contributed by atoms with Crippen LogP contribution in [0.2, 0.25) is 0 Å². The van der Waals surface area contributed by atoms with Gasteiger partial charge in [-0.25, -0.2) is 0 Å². The molecule has 1 aliphatic rings. The molecule has 138 valence electrons. The molecule has 0 radical (unpaired) electrons. The number of rotatable bonds is 7. The Bertz CT molecular complexity index is 704. The summed E-state index contributed by atoms with van der Waals surface area (Å²) in [7, 11) is 1.65. The maximum Gasteiger partial charge on any atom is 0.306 e. The summed E-state index contributed by atoms with van der Waals surface area (Å²) >= 11 is 0. The highest BCUT2D eigenvalue weighted by Gasteiger charge is 2.24. The second-order valence-corrected chi connectivity index (χ2v) is 6.67. The first-order valence-corrected chi connectivity index (χ1v) is 8.94. The minimum absolute atomic E-state index is 0.181. The summed E-state index contributed by atoms with van der Waals surface area (Å²) in [6.45, 7) is 3.05. The SMILES string of the molecule is COc1ccc(COc2ccc(CN3CCC(C(=O)O)CC3)cc2)cc1. The van der Waals surface area contributed by atoms with Crippen molar-refractivity contribution < 1.29 is 19.4 Å². The number of likely N-dealkylation sites (tertiary alicyclic amines) is 1. The van der Waals surface area contributed by atoms with E-state index in [-0.39, 0.29) is 5.92 Å². The number of piperidine rings is 1. The third kappa shape index (κ3) is 4.99. The predicted molar refractivity (Wildman–Crippen MR) is 99.4 cm³/mol. The van der Waals surface area contributed by atoms with Crippen LogP contribution in [0.5, 0.6) is 11.5 Å². The number of benzene rings is 2. The molecule has 3 rings (SSSR count). The number of methoxy groups -OCH3 is 1. The predicted octanol–water partition coefficient (Wildman–Crippen LogP) is 3.57. The van der Waals surface area contributed by atoms with E-state index in [9.17, 15) is 4.79 Å². The molecule has 2 aromatic rings. The van der Waals surface area contributed by atoms with Crippen molar-refractivity contribution in [3.05, 3.63) is 59.7 Å². The first-order valence-electron chi connectivity index (χ1n) is 8.94. The minimum Gasteiger partial charge on any atom is -0.497 e. The maximum atomic E-state index is 11.0. The lowest BCUT2D eigenvalue weighted by Crippen LogP contribution is -2.35. The normalized spacial score (nSPS) is 15.6. The van der Waals surface area contributed by atoms with E-state index in [0.717, 1.165) is 49.5 Å². The molecule has 0 spiro atoms. The van der Waals surface area contributed by atoms with Gasteiger partial charge in [-0.3, -0.25) is 9.69 Å². The Morgan fingerprint density at radius 3 is 2.15 bits per heavy atom. The Morgan fingerprint density at radius 2 is 1.58 bits per heavy atom. The number of aliphatic carboxylic acids is 1. The number of nitrogens with zero attached hydrogens (tertiary/aromatic N) is 1. The number of carbonyl (C=O) groups is 1. The Kier molecular flexibility index (Phi) is 6.12. The van der Waals surface area contributed by atoms with Gasteiger partial charge in [-0.05, 0) is 61.3 Å². The van der Waals surface area contributed by atoms with E-state index in [1.165, 1.54) is 5.56 Å². The van der Waals surface area contributed by atoms with Crippen LogP contribution in [0, 0.1) is 5.92 Å². The smallest absolute Gasteiger partial charge is 0.306 e. The number of ether oxygens (including phenoxy) is 2. The molecular weight excluding hydrogens is 330 g/mol. The molecule has 0 unspecified atom stereocenters. The highest BCUT2D eigenvalue weighted by molar-refractivity contribution is 5.70. The Hall–Kier alpha value is -2.53. The van der Waals surface area contributed by atoms with Crippen molar-refractivity contribution in [2.45, 2.75) is 26.0 Å². The molecule has 26 heavy (non-hydrogen) atoms. The van der Waals surface area contributed by atoms with Crippen LogP contribution in [-0.2, 0) is 17.9 Å². The van der Waals surface area contributed by atoms with Crippen molar-refractivity contribution in [3.8, 4) is 11.5 Å². The fourth-order valence-corrected chi connectivity index (χ4v) is 3.18. The van der Waals surface area contributed by atoms with Gasteiger partial charge in [0.05, 0.1) is 13.0 Å². The van der Waals surface area contributed by atoms with Crippen LogP contribution < -0.4 is 9.47 Å². The van der Waals surface area contributed by atoms with E-state index in [1.807, 2.05) is 36.4 Å². The molecular formula is C21H25NO4. The second kappa shape index (κ2) is 8.72. The molecule has 1 fully saturated rings. The molecule has 2 aromatic carbocycles. The van der Waals surface area contributed by atoms with E-state index >= 15 is 0 Å². The zero-order valence-corrected chi connectivity index (χ0v) is 15.1. The quantitative estimate of drug-likeness (QED) is 0.823. The first kappa shape index (κ1) is 18.3. The molecule has 5 nitrogen and oxygen atoms in total. The average Bonchev–Trinajstić information content (AvgIpc) is 2.68. The lowest BCUT2D eigenvalue weighted by Gasteiger charge is -2.30. The van der Waals surface area contributed by atoms with Crippen LogP contribution in [0.25, 0.3) is 0 Å². The van der Waals surface area contributed by atoms with Crippen LogP contribution in [0.15, 0.2) is 48.5 Å². The molecule has 0 atom stereocenters. The van der Waals surface area contributed by atoms with E-state index in [0.29, 0.717) is 6.61 Å². The van der Waals surface area contributed by atoms with Crippen LogP contribution >= 0.6 is 0 Å². The van der Waals surface area contributed by atoms with Gasteiger partial charge in [-0.2, -0.15) is 0 Å². The fourth-order valence-electron chi connectivity index (χ4n) is 3.18. The van der Waals surface area contributed by atoms with Crippen molar-refractivity contribution in [2.75, 3.05) is 20.2 Å². The highest BCUT2D eigenvalue weighted by Crippen LogP contribution is 2.21. The van der Waals surface area contributed by atoms with Crippen molar-refractivity contribution in [1.29, 1.82) is 0 Å². The number of hydrogen-bond acceptors (Lipinski definition) is 4. The zero-order chi connectivity index (χ0) is 18.4.